The van der Waals surface area contributed by atoms with E-state index in [1.54, 1.807) is 0 Å². The number of amides is 1. The lowest BCUT2D eigenvalue weighted by molar-refractivity contribution is -0.386. The quantitative estimate of drug-likeness (QED) is 0.667. The first-order valence-electron chi connectivity index (χ1n) is 5.88. The predicted molar refractivity (Wildman–Crippen MR) is 69.6 cm³/mol. The lowest BCUT2D eigenvalue weighted by Crippen LogP contribution is -2.34. The minimum atomic E-state index is -1.01. The molecule has 1 aromatic rings. The molecule has 0 aromatic carbocycles. The number of hydrogen-bond acceptors (Lipinski definition) is 5. The maximum absolute atomic E-state index is 11.0. The largest absolute Gasteiger partial charge is 0.476 e. The van der Waals surface area contributed by atoms with Crippen LogP contribution in [0.15, 0.2) is 18.3 Å². The first-order valence-corrected chi connectivity index (χ1v) is 5.88. The third-order valence-electron chi connectivity index (χ3n) is 3.01. The number of hydrogen-bond donors (Lipinski definition) is 1. The summed E-state index contributed by atoms with van der Waals surface area (Å²) in [4.78, 5) is 26.5. The summed E-state index contributed by atoms with van der Waals surface area (Å²) in [7, 11) is 1.31. The molecular formula is C12H13N3O5. The number of nitro groups is 1. The Labute approximate surface area is 114 Å². The molecule has 1 N–H and O–H groups in total. The third kappa shape index (κ3) is 2.68. The standard InChI is InChI=1S/C12H13N3O5/c1-20-11-10(15(18)19)5-9(6-13-11)8-3-2-4-14(7-8)12(16)17/h3,5-6H,2,4,7H2,1H3,(H,16,17). The molecule has 2 heterocycles. The van der Waals surface area contributed by atoms with Crippen molar-refractivity contribution in [2.75, 3.05) is 20.2 Å². The fraction of sp³-hybridized carbons (Fsp3) is 0.333. The van der Waals surface area contributed by atoms with Gasteiger partial charge in [-0.25, -0.2) is 9.78 Å². The van der Waals surface area contributed by atoms with Gasteiger partial charge in [0.2, 0.25) is 0 Å². The summed E-state index contributed by atoms with van der Waals surface area (Å²) >= 11 is 0. The van der Waals surface area contributed by atoms with E-state index in [1.807, 2.05) is 6.08 Å². The van der Waals surface area contributed by atoms with Gasteiger partial charge in [0.15, 0.2) is 0 Å². The molecule has 0 saturated carbocycles. The van der Waals surface area contributed by atoms with Gasteiger partial charge in [-0.05, 0) is 12.0 Å². The zero-order valence-electron chi connectivity index (χ0n) is 10.8. The molecule has 0 radical (unpaired) electrons. The van der Waals surface area contributed by atoms with E-state index in [-0.39, 0.29) is 18.1 Å². The Balaban J connectivity index is 2.34. The highest BCUT2D eigenvalue weighted by molar-refractivity contribution is 5.74. The smallest absolute Gasteiger partial charge is 0.407 e. The minimum Gasteiger partial charge on any atom is -0.476 e. The van der Waals surface area contributed by atoms with Crippen molar-refractivity contribution in [3.63, 3.8) is 0 Å². The number of carbonyl (C=O) groups is 1. The molecule has 0 saturated heterocycles. The molecule has 0 unspecified atom stereocenters. The number of methoxy groups -OCH3 is 1. The lowest BCUT2D eigenvalue weighted by atomic mass is 10.0. The number of rotatable bonds is 3. The molecule has 1 aromatic heterocycles. The summed E-state index contributed by atoms with van der Waals surface area (Å²) in [5.74, 6) is -0.0646. The Morgan fingerprint density at radius 3 is 2.95 bits per heavy atom. The first-order chi connectivity index (χ1) is 9.52. The summed E-state index contributed by atoms with van der Waals surface area (Å²) < 4.78 is 4.83. The van der Waals surface area contributed by atoms with E-state index in [0.717, 1.165) is 0 Å². The van der Waals surface area contributed by atoms with E-state index in [4.69, 9.17) is 9.84 Å². The van der Waals surface area contributed by atoms with Gasteiger partial charge in [-0.2, -0.15) is 0 Å². The van der Waals surface area contributed by atoms with Crippen molar-refractivity contribution >= 4 is 17.4 Å². The maximum atomic E-state index is 11.0. The SMILES string of the molecule is COc1ncc(C2=CCCN(C(=O)O)C2)cc1[N+](=O)[O-]. The molecule has 0 atom stereocenters. The molecule has 0 aliphatic carbocycles. The molecule has 0 spiro atoms. The van der Waals surface area contributed by atoms with Crippen molar-refractivity contribution in [1.29, 1.82) is 0 Å². The van der Waals surface area contributed by atoms with Crippen LogP contribution in [-0.2, 0) is 0 Å². The van der Waals surface area contributed by atoms with Gasteiger partial charge in [0.25, 0.3) is 5.88 Å². The van der Waals surface area contributed by atoms with E-state index < -0.39 is 11.0 Å². The molecule has 1 amide bonds. The molecule has 1 aliphatic heterocycles. The van der Waals surface area contributed by atoms with Crippen LogP contribution in [-0.4, -0.2) is 46.2 Å². The molecule has 8 nitrogen and oxygen atoms in total. The van der Waals surface area contributed by atoms with Crippen LogP contribution < -0.4 is 4.74 Å². The van der Waals surface area contributed by atoms with Crippen LogP contribution in [0.25, 0.3) is 5.57 Å². The van der Waals surface area contributed by atoms with Crippen LogP contribution in [0.1, 0.15) is 12.0 Å². The number of carboxylic acid groups (broad SMARTS) is 1. The highest BCUT2D eigenvalue weighted by Gasteiger charge is 2.22. The average molecular weight is 279 g/mol. The highest BCUT2D eigenvalue weighted by atomic mass is 16.6. The molecular weight excluding hydrogens is 266 g/mol. The van der Waals surface area contributed by atoms with E-state index in [1.165, 1.54) is 24.3 Å². The second-order valence-corrected chi connectivity index (χ2v) is 4.23. The van der Waals surface area contributed by atoms with Crippen LogP contribution in [0, 0.1) is 10.1 Å². The van der Waals surface area contributed by atoms with Gasteiger partial charge in [0.05, 0.1) is 12.0 Å². The van der Waals surface area contributed by atoms with Crippen molar-refractivity contribution in [1.82, 2.24) is 9.88 Å². The van der Waals surface area contributed by atoms with Crippen molar-refractivity contribution in [2.24, 2.45) is 0 Å². The first kappa shape index (κ1) is 13.8. The Morgan fingerprint density at radius 2 is 2.35 bits per heavy atom. The second kappa shape index (κ2) is 5.55. The topological polar surface area (TPSA) is 106 Å². The van der Waals surface area contributed by atoms with Crippen LogP contribution >= 0.6 is 0 Å². The van der Waals surface area contributed by atoms with Gasteiger partial charge >= 0.3 is 11.8 Å². The van der Waals surface area contributed by atoms with Crippen molar-refractivity contribution in [2.45, 2.75) is 6.42 Å². The summed E-state index contributed by atoms with van der Waals surface area (Å²) in [6.45, 7) is 0.616. The average Bonchev–Trinajstić information content (AvgIpc) is 2.46. The molecule has 0 fully saturated rings. The molecule has 0 bridgehead atoms. The van der Waals surface area contributed by atoms with Crippen LogP contribution in [0.5, 0.6) is 5.88 Å². The lowest BCUT2D eigenvalue weighted by Gasteiger charge is -2.24. The zero-order chi connectivity index (χ0) is 14.7. The van der Waals surface area contributed by atoms with Gasteiger partial charge in [-0.15, -0.1) is 0 Å². The predicted octanol–water partition coefficient (Wildman–Crippen LogP) is 1.77. The molecule has 106 valence electrons. The summed E-state index contributed by atoms with van der Waals surface area (Å²) in [5, 5.41) is 19.9. The minimum absolute atomic E-state index is 0.0646. The zero-order valence-corrected chi connectivity index (χ0v) is 10.8. The number of pyridine rings is 1. The third-order valence-corrected chi connectivity index (χ3v) is 3.01. The van der Waals surface area contributed by atoms with Crippen molar-refractivity contribution in [3.8, 4) is 5.88 Å². The normalized spacial score (nSPS) is 14.7. The van der Waals surface area contributed by atoms with Crippen LogP contribution in [0.4, 0.5) is 10.5 Å². The van der Waals surface area contributed by atoms with E-state index in [0.29, 0.717) is 24.1 Å². The van der Waals surface area contributed by atoms with E-state index >= 15 is 0 Å². The van der Waals surface area contributed by atoms with Crippen molar-refractivity contribution in [3.05, 3.63) is 34.0 Å². The summed E-state index contributed by atoms with van der Waals surface area (Å²) in [6.07, 6.45) is 2.88. The van der Waals surface area contributed by atoms with Gasteiger partial charge < -0.3 is 14.7 Å². The second-order valence-electron chi connectivity index (χ2n) is 4.23. The number of ether oxygens (including phenoxy) is 1. The Morgan fingerprint density at radius 1 is 1.60 bits per heavy atom. The summed E-state index contributed by atoms with van der Waals surface area (Å²) in [5.41, 5.74) is 0.999. The van der Waals surface area contributed by atoms with Crippen molar-refractivity contribution < 1.29 is 19.6 Å². The van der Waals surface area contributed by atoms with Gasteiger partial charge in [0.1, 0.15) is 0 Å². The van der Waals surface area contributed by atoms with Gasteiger partial charge in [-0.1, -0.05) is 6.08 Å². The Hall–Kier alpha value is -2.64. The van der Waals surface area contributed by atoms with E-state index in [2.05, 4.69) is 4.98 Å². The van der Waals surface area contributed by atoms with Crippen LogP contribution in [0.2, 0.25) is 0 Å². The Kier molecular flexibility index (Phi) is 3.83. The molecule has 20 heavy (non-hydrogen) atoms. The molecule has 8 heteroatoms. The maximum Gasteiger partial charge on any atom is 0.407 e. The molecule has 2 rings (SSSR count). The number of aromatic nitrogens is 1. The Bertz CT molecular complexity index is 584. The number of nitrogens with zero attached hydrogens (tertiary/aromatic N) is 3. The van der Waals surface area contributed by atoms with Gasteiger partial charge in [0, 0.05) is 30.9 Å². The van der Waals surface area contributed by atoms with E-state index in [9.17, 15) is 14.9 Å². The fourth-order valence-corrected chi connectivity index (χ4v) is 2.02. The van der Waals surface area contributed by atoms with Crippen LogP contribution in [0.3, 0.4) is 0 Å². The highest BCUT2D eigenvalue weighted by Crippen LogP contribution is 2.29. The summed E-state index contributed by atoms with van der Waals surface area (Å²) in [6, 6.07) is 1.35. The fourth-order valence-electron chi connectivity index (χ4n) is 2.02. The molecule has 1 aliphatic rings. The monoisotopic (exact) mass is 279 g/mol. The van der Waals surface area contributed by atoms with Gasteiger partial charge in [-0.3, -0.25) is 10.1 Å².